The van der Waals surface area contributed by atoms with E-state index >= 15 is 0 Å². The number of halogens is 2. The van der Waals surface area contributed by atoms with Gasteiger partial charge in [-0.25, -0.2) is 13.6 Å². The number of carbonyl (C=O) groups excluding carboxylic acids is 2. The van der Waals surface area contributed by atoms with Gasteiger partial charge in [-0.05, 0) is 49.6 Å². The predicted molar refractivity (Wildman–Crippen MR) is 111 cm³/mol. The molecule has 1 saturated carbocycles. The van der Waals surface area contributed by atoms with E-state index in [0.717, 1.165) is 41.4 Å². The number of benzene rings is 2. The molecule has 1 amide bonds. The molecule has 1 aliphatic carbocycles. The fraction of sp³-hybridized carbons (Fsp3) is 0.250. The van der Waals surface area contributed by atoms with Gasteiger partial charge in [-0.1, -0.05) is 18.2 Å². The van der Waals surface area contributed by atoms with Gasteiger partial charge in [-0.3, -0.25) is 4.79 Å². The number of aromatic nitrogens is 1. The Morgan fingerprint density at radius 3 is 2.61 bits per heavy atom. The Morgan fingerprint density at radius 1 is 1.13 bits per heavy atom. The van der Waals surface area contributed by atoms with Crippen LogP contribution in [0.25, 0.3) is 16.5 Å². The highest BCUT2D eigenvalue weighted by Crippen LogP contribution is 2.54. The normalized spacial score (nSPS) is 16.6. The number of nitrogens with zero attached hydrogens (tertiary/aromatic N) is 1. The largest absolute Gasteiger partial charge is 0.462 e. The number of hydrogen-bond donors (Lipinski definition) is 1. The number of carbonyl (C=O) groups is 2. The molecule has 5 nitrogen and oxygen atoms in total. The van der Waals surface area contributed by atoms with Crippen LogP contribution in [-0.2, 0) is 14.9 Å². The van der Waals surface area contributed by atoms with Crippen molar-refractivity contribution in [3.8, 4) is 0 Å². The van der Waals surface area contributed by atoms with Gasteiger partial charge in [0.2, 0.25) is 0 Å². The summed E-state index contributed by atoms with van der Waals surface area (Å²) in [7, 11) is 0. The average molecular weight is 422 g/mol. The van der Waals surface area contributed by atoms with Gasteiger partial charge in [0.15, 0.2) is 11.6 Å². The second kappa shape index (κ2) is 7.04. The summed E-state index contributed by atoms with van der Waals surface area (Å²) in [6.07, 6.45) is 3.18. The number of fused-ring (bicyclic) bond motifs is 4. The summed E-state index contributed by atoms with van der Waals surface area (Å²) in [5, 5.41) is 1.01. The topological polar surface area (TPSA) is 62.4 Å². The highest BCUT2D eigenvalue weighted by molar-refractivity contribution is 6.18. The summed E-state index contributed by atoms with van der Waals surface area (Å²) in [6, 6.07) is 10.9. The zero-order chi connectivity index (χ0) is 21.8. The number of para-hydroxylation sites is 1. The van der Waals surface area contributed by atoms with Crippen molar-refractivity contribution in [2.24, 2.45) is 0 Å². The van der Waals surface area contributed by atoms with Crippen LogP contribution in [-0.4, -0.2) is 34.9 Å². The first-order valence-corrected chi connectivity index (χ1v) is 10.2. The van der Waals surface area contributed by atoms with Crippen LogP contribution in [0.5, 0.6) is 0 Å². The molecule has 7 heteroatoms. The van der Waals surface area contributed by atoms with Gasteiger partial charge in [0.1, 0.15) is 0 Å². The number of hydrogen-bond acceptors (Lipinski definition) is 3. The summed E-state index contributed by atoms with van der Waals surface area (Å²) < 4.78 is 32.4. The van der Waals surface area contributed by atoms with E-state index in [2.05, 4.69) is 4.98 Å². The molecule has 1 aliphatic heterocycles. The summed E-state index contributed by atoms with van der Waals surface area (Å²) in [5.74, 6) is -3.15. The number of amides is 1. The molecule has 5 rings (SSSR count). The molecule has 0 saturated heterocycles. The number of H-pyrrole nitrogens is 1. The SMILES string of the molecule is CCOC(=O)C1=CN(C(=O)c2ccc(F)c(F)c2)CC2(CC2)c2c1[nH]c1ccccc21. The maximum atomic E-state index is 13.8. The van der Waals surface area contributed by atoms with E-state index in [0.29, 0.717) is 12.2 Å². The first-order chi connectivity index (χ1) is 14.9. The van der Waals surface area contributed by atoms with Gasteiger partial charge in [0.05, 0.1) is 17.9 Å². The minimum atomic E-state index is -1.09. The van der Waals surface area contributed by atoms with Gasteiger partial charge in [0, 0.05) is 34.6 Å². The fourth-order valence-corrected chi connectivity index (χ4v) is 4.41. The standard InChI is InChI=1S/C24H20F2N2O3/c1-2-31-23(30)16-12-28(22(29)14-7-8-17(25)18(26)11-14)13-24(9-10-24)20-15-5-3-4-6-19(15)27-21(16)20/h3-8,11-12,27H,2,9-10,13H2,1H3. The molecule has 1 aromatic heterocycles. The summed E-state index contributed by atoms with van der Waals surface area (Å²) in [5.41, 5.74) is 2.51. The van der Waals surface area contributed by atoms with Crippen LogP contribution < -0.4 is 0 Å². The fourth-order valence-electron chi connectivity index (χ4n) is 4.41. The molecular formula is C24H20F2N2O3. The van der Waals surface area contributed by atoms with Crippen LogP contribution in [0, 0.1) is 11.6 Å². The maximum Gasteiger partial charge on any atom is 0.341 e. The Bertz CT molecular complexity index is 1260. The molecule has 0 unspecified atom stereocenters. The van der Waals surface area contributed by atoms with Crippen molar-refractivity contribution in [2.45, 2.75) is 25.2 Å². The lowest BCUT2D eigenvalue weighted by Crippen LogP contribution is -2.33. The van der Waals surface area contributed by atoms with Crippen molar-refractivity contribution in [3.63, 3.8) is 0 Å². The lowest BCUT2D eigenvalue weighted by molar-refractivity contribution is -0.136. The quantitative estimate of drug-likeness (QED) is 0.631. The zero-order valence-corrected chi connectivity index (χ0v) is 16.9. The van der Waals surface area contributed by atoms with E-state index < -0.39 is 23.5 Å². The minimum Gasteiger partial charge on any atom is -0.462 e. The van der Waals surface area contributed by atoms with E-state index in [1.807, 2.05) is 24.3 Å². The Hall–Kier alpha value is -3.48. The predicted octanol–water partition coefficient (Wildman–Crippen LogP) is 4.54. The van der Waals surface area contributed by atoms with E-state index in [1.165, 1.54) is 17.2 Å². The average Bonchev–Trinajstić information content (AvgIpc) is 3.46. The molecule has 1 spiro atoms. The van der Waals surface area contributed by atoms with Gasteiger partial charge in [0.25, 0.3) is 5.91 Å². The number of esters is 1. The first-order valence-electron chi connectivity index (χ1n) is 10.2. The number of aromatic amines is 1. The number of nitrogens with one attached hydrogen (secondary N) is 1. The Kier molecular flexibility index (Phi) is 4.43. The van der Waals surface area contributed by atoms with Crippen molar-refractivity contribution < 1.29 is 23.1 Å². The highest BCUT2D eigenvalue weighted by Gasteiger charge is 2.51. The number of rotatable bonds is 3. The minimum absolute atomic E-state index is 0.0181. The van der Waals surface area contributed by atoms with Crippen LogP contribution in [0.4, 0.5) is 8.78 Å². The third-order valence-corrected chi connectivity index (χ3v) is 6.04. The lowest BCUT2D eigenvalue weighted by Gasteiger charge is -2.23. The Morgan fingerprint density at radius 2 is 1.90 bits per heavy atom. The van der Waals surface area contributed by atoms with E-state index in [-0.39, 0.29) is 23.2 Å². The van der Waals surface area contributed by atoms with Crippen molar-refractivity contribution in [3.05, 3.63) is 77.1 Å². The lowest BCUT2D eigenvalue weighted by atomic mass is 9.91. The van der Waals surface area contributed by atoms with Gasteiger partial charge in [-0.15, -0.1) is 0 Å². The van der Waals surface area contributed by atoms with E-state index in [9.17, 15) is 18.4 Å². The van der Waals surface area contributed by atoms with Crippen molar-refractivity contribution >= 4 is 28.4 Å². The summed E-state index contributed by atoms with van der Waals surface area (Å²) >= 11 is 0. The van der Waals surface area contributed by atoms with Crippen molar-refractivity contribution in [1.82, 2.24) is 9.88 Å². The zero-order valence-electron chi connectivity index (χ0n) is 16.9. The van der Waals surface area contributed by atoms with E-state index in [4.69, 9.17) is 4.74 Å². The summed E-state index contributed by atoms with van der Waals surface area (Å²) in [4.78, 5) is 30.9. The van der Waals surface area contributed by atoms with Crippen LogP contribution in [0.2, 0.25) is 0 Å². The van der Waals surface area contributed by atoms with Gasteiger partial charge >= 0.3 is 5.97 Å². The smallest absolute Gasteiger partial charge is 0.341 e. The molecular weight excluding hydrogens is 402 g/mol. The molecule has 0 atom stereocenters. The molecule has 2 aliphatic rings. The molecule has 31 heavy (non-hydrogen) atoms. The van der Waals surface area contributed by atoms with Crippen LogP contribution in [0.15, 0.2) is 48.7 Å². The number of ether oxygens (including phenoxy) is 1. The Labute approximate surface area is 177 Å². The third kappa shape index (κ3) is 3.12. The van der Waals surface area contributed by atoms with Gasteiger partial charge in [-0.2, -0.15) is 0 Å². The van der Waals surface area contributed by atoms with Crippen LogP contribution in [0.1, 0.15) is 41.4 Å². The van der Waals surface area contributed by atoms with Crippen molar-refractivity contribution in [2.75, 3.05) is 13.2 Å². The molecule has 1 N–H and O–H groups in total. The molecule has 2 heterocycles. The molecule has 0 radical (unpaired) electrons. The molecule has 2 aromatic carbocycles. The monoisotopic (exact) mass is 422 g/mol. The maximum absolute atomic E-state index is 13.8. The van der Waals surface area contributed by atoms with Crippen molar-refractivity contribution in [1.29, 1.82) is 0 Å². The molecule has 3 aromatic rings. The molecule has 158 valence electrons. The molecule has 1 fully saturated rings. The Balaban J connectivity index is 1.66. The highest BCUT2D eigenvalue weighted by atomic mass is 19.2. The second-order valence-electron chi connectivity index (χ2n) is 8.03. The summed E-state index contributed by atoms with van der Waals surface area (Å²) in [6.45, 7) is 2.24. The first kappa shape index (κ1) is 19.5. The second-order valence-corrected chi connectivity index (χ2v) is 8.03. The van der Waals surface area contributed by atoms with Gasteiger partial charge < -0.3 is 14.6 Å². The van der Waals surface area contributed by atoms with E-state index in [1.54, 1.807) is 6.92 Å². The van der Waals surface area contributed by atoms with Crippen LogP contribution in [0.3, 0.4) is 0 Å². The van der Waals surface area contributed by atoms with Crippen LogP contribution >= 0.6 is 0 Å². The molecule has 0 bridgehead atoms. The third-order valence-electron chi connectivity index (χ3n) is 6.04.